The summed E-state index contributed by atoms with van der Waals surface area (Å²) in [7, 11) is -3.52. The number of sulfonamides is 1. The average Bonchev–Trinajstić information content (AvgIpc) is 2.80. The Morgan fingerprint density at radius 2 is 1.95 bits per heavy atom. The number of nitrogens with zero attached hydrogens (tertiary/aromatic N) is 1. The molecule has 0 amide bonds. The van der Waals surface area contributed by atoms with Crippen LogP contribution in [0.2, 0.25) is 0 Å². The number of fused-ring (bicyclic) bond motifs is 1. The van der Waals surface area contributed by atoms with Gasteiger partial charge in [-0.15, -0.1) is 0 Å². The van der Waals surface area contributed by atoms with Crippen molar-refractivity contribution >= 4 is 20.9 Å². The third-order valence-corrected chi connectivity index (χ3v) is 6.52. The molecule has 1 aliphatic heterocycles. The van der Waals surface area contributed by atoms with Gasteiger partial charge in [-0.25, -0.2) is 8.42 Å². The molecule has 1 saturated heterocycles. The van der Waals surface area contributed by atoms with Gasteiger partial charge in [0.15, 0.2) is 0 Å². The maximum absolute atomic E-state index is 12.9. The minimum atomic E-state index is -3.52. The number of rotatable bonds is 2. The molecule has 0 aliphatic carbocycles. The summed E-state index contributed by atoms with van der Waals surface area (Å²) in [6.45, 7) is 6.18. The Labute approximate surface area is 130 Å². The SMILES string of the molecule is Cc1cc2cc(S(=O)(=O)N3CCCC3(C)C)ccc2[nH]c1=O. The second-order valence-corrected chi connectivity index (χ2v) is 8.39. The fourth-order valence-electron chi connectivity index (χ4n) is 3.11. The van der Waals surface area contributed by atoms with Gasteiger partial charge in [0.25, 0.3) is 5.56 Å². The van der Waals surface area contributed by atoms with Gasteiger partial charge in [0.05, 0.1) is 4.90 Å². The first-order chi connectivity index (χ1) is 10.2. The number of hydrogen-bond acceptors (Lipinski definition) is 3. The third kappa shape index (κ3) is 2.36. The monoisotopic (exact) mass is 320 g/mol. The molecule has 0 unspecified atom stereocenters. The largest absolute Gasteiger partial charge is 0.322 e. The number of H-pyrrole nitrogens is 1. The summed E-state index contributed by atoms with van der Waals surface area (Å²) in [5.41, 5.74) is 0.719. The van der Waals surface area contributed by atoms with E-state index >= 15 is 0 Å². The summed E-state index contributed by atoms with van der Waals surface area (Å²) in [6.07, 6.45) is 1.75. The lowest BCUT2D eigenvalue weighted by Crippen LogP contribution is -2.42. The second kappa shape index (κ2) is 4.93. The highest BCUT2D eigenvalue weighted by Gasteiger charge is 2.40. The van der Waals surface area contributed by atoms with Crippen LogP contribution in [0.1, 0.15) is 32.3 Å². The molecule has 6 heteroatoms. The number of benzene rings is 1. The number of pyridine rings is 1. The van der Waals surface area contributed by atoms with Gasteiger partial charge in [0.2, 0.25) is 10.0 Å². The summed E-state index contributed by atoms with van der Waals surface area (Å²) in [5.74, 6) is 0. The minimum Gasteiger partial charge on any atom is -0.322 e. The lowest BCUT2D eigenvalue weighted by atomic mass is 10.0. The minimum absolute atomic E-state index is 0.149. The van der Waals surface area contributed by atoms with Gasteiger partial charge in [-0.3, -0.25) is 4.79 Å². The van der Waals surface area contributed by atoms with Crippen molar-refractivity contribution in [1.29, 1.82) is 0 Å². The number of hydrogen-bond donors (Lipinski definition) is 1. The summed E-state index contributed by atoms with van der Waals surface area (Å²) >= 11 is 0. The van der Waals surface area contributed by atoms with E-state index in [9.17, 15) is 13.2 Å². The number of aryl methyl sites for hydroxylation is 1. The second-order valence-electron chi connectivity index (χ2n) is 6.52. The molecular weight excluding hydrogens is 300 g/mol. The van der Waals surface area contributed by atoms with E-state index in [0.717, 1.165) is 18.2 Å². The molecule has 0 bridgehead atoms. The van der Waals surface area contributed by atoms with Crippen LogP contribution in [0.3, 0.4) is 0 Å². The van der Waals surface area contributed by atoms with E-state index in [4.69, 9.17) is 0 Å². The van der Waals surface area contributed by atoms with E-state index in [1.165, 1.54) is 0 Å². The maximum atomic E-state index is 12.9. The van der Waals surface area contributed by atoms with Crippen molar-refractivity contribution in [2.24, 2.45) is 0 Å². The quantitative estimate of drug-likeness (QED) is 0.923. The lowest BCUT2D eigenvalue weighted by molar-refractivity contribution is 0.292. The molecule has 0 spiro atoms. The molecule has 2 aromatic rings. The Kier molecular flexibility index (Phi) is 3.41. The number of aromatic amines is 1. The molecule has 118 valence electrons. The van der Waals surface area contributed by atoms with Crippen LogP contribution in [-0.4, -0.2) is 29.8 Å². The van der Waals surface area contributed by atoms with Crippen LogP contribution < -0.4 is 5.56 Å². The zero-order chi connectivity index (χ0) is 16.1. The highest BCUT2D eigenvalue weighted by atomic mass is 32.2. The zero-order valence-corrected chi connectivity index (χ0v) is 13.8. The van der Waals surface area contributed by atoms with Gasteiger partial charge in [-0.05, 0) is 63.3 Å². The Balaban J connectivity index is 2.13. The highest BCUT2D eigenvalue weighted by Crippen LogP contribution is 2.34. The lowest BCUT2D eigenvalue weighted by Gasteiger charge is -2.30. The molecule has 1 aliphatic rings. The molecule has 22 heavy (non-hydrogen) atoms. The summed E-state index contributed by atoms with van der Waals surface area (Å²) in [6, 6.07) is 6.59. The molecule has 1 aromatic carbocycles. The summed E-state index contributed by atoms with van der Waals surface area (Å²) in [4.78, 5) is 14.7. The zero-order valence-electron chi connectivity index (χ0n) is 13.0. The van der Waals surface area contributed by atoms with E-state index < -0.39 is 10.0 Å². The fraction of sp³-hybridized carbons (Fsp3) is 0.438. The van der Waals surface area contributed by atoms with E-state index in [2.05, 4.69) is 4.98 Å². The van der Waals surface area contributed by atoms with Gasteiger partial charge in [0, 0.05) is 23.2 Å². The first kappa shape index (κ1) is 15.2. The third-order valence-electron chi connectivity index (χ3n) is 4.41. The topological polar surface area (TPSA) is 70.2 Å². The van der Waals surface area contributed by atoms with Gasteiger partial charge in [-0.1, -0.05) is 0 Å². The molecule has 3 rings (SSSR count). The molecule has 1 N–H and O–H groups in total. The molecule has 1 aromatic heterocycles. The van der Waals surface area contributed by atoms with Crippen molar-refractivity contribution < 1.29 is 8.42 Å². The standard InChI is InChI=1S/C16H20N2O3S/c1-11-9-12-10-13(5-6-14(12)17-15(11)19)22(20,21)18-8-4-7-16(18,2)3/h5-6,9-10H,4,7-8H2,1-3H3,(H,17,19). The van der Waals surface area contributed by atoms with Crippen molar-refractivity contribution in [3.8, 4) is 0 Å². The van der Waals surface area contributed by atoms with E-state index in [1.807, 2.05) is 13.8 Å². The first-order valence-electron chi connectivity index (χ1n) is 7.38. The van der Waals surface area contributed by atoms with Crippen LogP contribution in [0.25, 0.3) is 10.9 Å². The normalized spacial score (nSPS) is 18.9. The van der Waals surface area contributed by atoms with Crippen LogP contribution in [0.4, 0.5) is 0 Å². The molecule has 5 nitrogen and oxygen atoms in total. The predicted octanol–water partition coefficient (Wildman–Crippen LogP) is 2.40. The summed E-state index contributed by atoms with van der Waals surface area (Å²) < 4.78 is 27.4. The summed E-state index contributed by atoms with van der Waals surface area (Å²) in [5, 5.41) is 0.732. The Morgan fingerprint density at radius 1 is 1.23 bits per heavy atom. The smallest absolute Gasteiger partial charge is 0.251 e. The first-order valence-corrected chi connectivity index (χ1v) is 8.82. The van der Waals surface area contributed by atoms with Gasteiger partial charge in [0.1, 0.15) is 0 Å². The van der Waals surface area contributed by atoms with E-state index in [-0.39, 0.29) is 16.0 Å². The van der Waals surface area contributed by atoms with Crippen molar-refractivity contribution in [2.75, 3.05) is 6.54 Å². The molecule has 0 radical (unpaired) electrons. The number of nitrogens with one attached hydrogen (secondary N) is 1. The maximum Gasteiger partial charge on any atom is 0.251 e. The average molecular weight is 320 g/mol. The van der Waals surface area contributed by atoms with Crippen LogP contribution in [0.5, 0.6) is 0 Å². The van der Waals surface area contributed by atoms with E-state index in [0.29, 0.717) is 17.6 Å². The van der Waals surface area contributed by atoms with Crippen LogP contribution in [-0.2, 0) is 10.0 Å². The molecule has 2 heterocycles. The molecular formula is C16H20N2O3S. The van der Waals surface area contributed by atoms with Crippen LogP contribution >= 0.6 is 0 Å². The van der Waals surface area contributed by atoms with Gasteiger partial charge < -0.3 is 4.98 Å². The highest BCUT2D eigenvalue weighted by molar-refractivity contribution is 7.89. The van der Waals surface area contributed by atoms with Crippen molar-refractivity contribution in [3.05, 3.63) is 40.2 Å². The Bertz CT molecular complexity index is 897. The van der Waals surface area contributed by atoms with Crippen molar-refractivity contribution in [1.82, 2.24) is 9.29 Å². The van der Waals surface area contributed by atoms with Gasteiger partial charge in [-0.2, -0.15) is 4.31 Å². The van der Waals surface area contributed by atoms with Gasteiger partial charge >= 0.3 is 0 Å². The van der Waals surface area contributed by atoms with Crippen LogP contribution in [0, 0.1) is 6.92 Å². The van der Waals surface area contributed by atoms with E-state index in [1.54, 1.807) is 35.5 Å². The Hall–Kier alpha value is -1.66. The van der Waals surface area contributed by atoms with Crippen molar-refractivity contribution in [2.45, 2.75) is 44.0 Å². The predicted molar refractivity (Wildman–Crippen MR) is 86.5 cm³/mol. The molecule has 1 fully saturated rings. The van der Waals surface area contributed by atoms with Crippen LogP contribution in [0.15, 0.2) is 34.0 Å². The Morgan fingerprint density at radius 3 is 2.59 bits per heavy atom. The number of aromatic nitrogens is 1. The molecule has 0 atom stereocenters. The molecule has 0 saturated carbocycles. The van der Waals surface area contributed by atoms with Crippen molar-refractivity contribution in [3.63, 3.8) is 0 Å². The fourth-order valence-corrected chi connectivity index (χ4v) is 4.99.